The minimum Gasteiger partial charge on any atom is -0.451 e. The van der Waals surface area contributed by atoms with Crippen LogP contribution >= 0.6 is 0 Å². The van der Waals surface area contributed by atoms with Gasteiger partial charge in [-0.15, -0.1) is 0 Å². The van der Waals surface area contributed by atoms with Crippen LogP contribution in [-0.2, 0) is 6.42 Å². The summed E-state index contributed by atoms with van der Waals surface area (Å²) in [5.41, 5.74) is 3.39. The molecule has 1 aliphatic rings. The molecule has 3 nitrogen and oxygen atoms in total. The van der Waals surface area contributed by atoms with Crippen molar-refractivity contribution < 1.29 is 4.42 Å². The van der Waals surface area contributed by atoms with Crippen LogP contribution < -0.4 is 5.32 Å². The number of hydrogen-bond donors (Lipinski definition) is 1. The van der Waals surface area contributed by atoms with Crippen LogP contribution in [0.1, 0.15) is 37.7 Å². The van der Waals surface area contributed by atoms with Gasteiger partial charge < -0.3 is 9.73 Å². The maximum Gasteiger partial charge on any atom is 0.181 e. The van der Waals surface area contributed by atoms with E-state index in [-0.39, 0.29) is 0 Å². The number of hydrogen-bond acceptors (Lipinski definition) is 3. The summed E-state index contributed by atoms with van der Waals surface area (Å²) in [7, 11) is 0. The zero-order valence-corrected chi connectivity index (χ0v) is 11.8. The summed E-state index contributed by atoms with van der Waals surface area (Å²) in [6.07, 6.45) is 11.2. The van der Waals surface area contributed by atoms with Gasteiger partial charge in [-0.1, -0.05) is 43.5 Å². The molecule has 1 aromatic carbocycles. The van der Waals surface area contributed by atoms with Crippen molar-refractivity contribution in [1.29, 1.82) is 0 Å². The molecule has 0 spiro atoms. The van der Waals surface area contributed by atoms with Gasteiger partial charge in [-0.2, -0.15) is 0 Å². The molecule has 0 saturated heterocycles. The van der Waals surface area contributed by atoms with Crippen molar-refractivity contribution in [2.75, 3.05) is 6.54 Å². The molecule has 0 amide bonds. The van der Waals surface area contributed by atoms with Gasteiger partial charge in [-0.3, -0.25) is 0 Å². The van der Waals surface area contributed by atoms with Crippen LogP contribution in [0.2, 0.25) is 0 Å². The van der Waals surface area contributed by atoms with E-state index in [1.54, 1.807) is 6.26 Å². The third-order valence-corrected chi connectivity index (χ3v) is 4.13. The van der Waals surface area contributed by atoms with Crippen LogP contribution in [0, 0.1) is 0 Å². The van der Waals surface area contributed by atoms with Crippen LogP contribution in [0.4, 0.5) is 0 Å². The van der Waals surface area contributed by atoms with E-state index in [1.165, 1.54) is 44.1 Å². The number of rotatable bonds is 5. The largest absolute Gasteiger partial charge is 0.451 e. The van der Waals surface area contributed by atoms with Crippen molar-refractivity contribution in [2.24, 2.45) is 0 Å². The molecule has 1 fully saturated rings. The second kappa shape index (κ2) is 6.71. The molecule has 3 heteroatoms. The van der Waals surface area contributed by atoms with Gasteiger partial charge in [0.2, 0.25) is 0 Å². The van der Waals surface area contributed by atoms with Crippen LogP contribution in [0.5, 0.6) is 0 Å². The minimum atomic E-state index is 0.748. The van der Waals surface area contributed by atoms with E-state index in [2.05, 4.69) is 34.6 Å². The van der Waals surface area contributed by atoms with Crippen molar-refractivity contribution in [3.63, 3.8) is 0 Å². The fourth-order valence-electron chi connectivity index (χ4n) is 2.92. The number of benzene rings is 1. The molecule has 1 saturated carbocycles. The van der Waals surface area contributed by atoms with E-state index in [4.69, 9.17) is 4.42 Å². The van der Waals surface area contributed by atoms with Gasteiger partial charge in [0, 0.05) is 11.6 Å². The van der Waals surface area contributed by atoms with Gasteiger partial charge in [0.15, 0.2) is 6.39 Å². The van der Waals surface area contributed by atoms with E-state index in [9.17, 15) is 0 Å². The van der Waals surface area contributed by atoms with Gasteiger partial charge >= 0.3 is 0 Å². The van der Waals surface area contributed by atoms with Crippen LogP contribution in [0.15, 0.2) is 41.3 Å². The fraction of sp³-hybridized carbons (Fsp3) is 0.471. The lowest BCUT2D eigenvalue weighted by atomic mass is 9.95. The molecule has 0 bridgehead atoms. The van der Waals surface area contributed by atoms with Crippen molar-refractivity contribution in [1.82, 2.24) is 10.3 Å². The van der Waals surface area contributed by atoms with Crippen molar-refractivity contribution >= 4 is 0 Å². The van der Waals surface area contributed by atoms with E-state index in [0.29, 0.717) is 0 Å². The number of aromatic nitrogens is 1. The fourth-order valence-corrected chi connectivity index (χ4v) is 2.92. The molecule has 1 N–H and O–H groups in total. The molecule has 3 rings (SSSR count). The number of nitrogens with one attached hydrogen (secondary N) is 1. The maximum atomic E-state index is 5.01. The maximum absolute atomic E-state index is 5.01. The molecule has 0 radical (unpaired) electrons. The zero-order valence-electron chi connectivity index (χ0n) is 11.8. The molecular weight excluding hydrogens is 248 g/mol. The van der Waals surface area contributed by atoms with Gasteiger partial charge in [-0.25, -0.2) is 4.98 Å². The Hall–Kier alpha value is -1.61. The molecule has 1 aromatic heterocycles. The summed E-state index contributed by atoms with van der Waals surface area (Å²) in [6.45, 7) is 1.08. The lowest BCUT2D eigenvalue weighted by Gasteiger charge is -2.22. The quantitative estimate of drug-likeness (QED) is 0.898. The summed E-state index contributed by atoms with van der Waals surface area (Å²) in [5.74, 6) is 0. The lowest BCUT2D eigenvalue weighted by molar-refractivity contribution is 0.375. The monoisotopic (exact) mass is 270 g/mol. The Kier molecular flexibility index (Phi) is 4.49. The SMILES string of the molecule is c1nc(-c2ccc(CCNC3CCCCC3)cc2)co1. The number of oxazole rings is 1. The molecule has 106 valence electrons. The Bertz CT molecular complexity index is 498. The Labute approximate surface area is 120 Å². The van der Waals surface area contributed by atoms with Crippen molar-refractivity contribution in [2.45, 2.75) is 44.6 Å². The highest BCUT2D eigenvalue weighted by Crippen LogP contribution is 2.19. The lowest BCUT2D eigenvalue weighted by Crippen LogP contribution is -2.32. The molecule has 1 aliphatic carbocycles. The van der Waals surface area contributed by atoms with E-state index >= 15 is 0 Å². The van der Waals surface area contributed by atoms with Crippen molar-refractivity contribution in [3.8, 4) is 11.3 Å². The average Bonchev–Trinajstić information content (AvgIpc) is 3.03. The Balaban J connectivity index is 1.48. The molecular formula is C17H22N2O. The Morgan fingerprint density at radius 2 is 1.90 bits per heavy atom. The number of nitrogens with zero attached hydrogens (tertiary/aromatic N) is 1. The van der Waals surface area contributed by atoms with Crippen LogP contribution in [-0.4, -0.2) is 17.6 Å². The predicted octanol–water partition coefficient (Wildman–Crippen LogP) is 3.81. The minimum absolute atomic E-state index is 0.748. The average molecular weight is 270 g/mol. The smallest absolute Gasteiger partial charge is 0.181 e. The molecule has 20 heavy (non-hydrogen) atoms. The first-order valence-corrected chi connectivity index (χ1v) is 7.63. The third-order valence-electron chi connectivity index (χ3n) is 4.13. The van der Waals surface area contributed by atoms with Crippen LogP contribution in [0.25, 0.3) is 11.3 Å². The molecule has 2 aromatic rings. The summed E-state index contributed by atoms with van der Waals surface area (Å²) >= 11 is 0. The topological polar surface area (TPSA) is 38.1 Å². The third kappa shape index (κ3) is 3.48. The predicted molar refractivity (Wildman–Crippen MR) is 80.5 cm³/mol. The second-order valence-electron chi connectivity index (χ2n) is 5.61. The summed E-state index contributed by atoms with van der Waals surface area (Å²) < 4.78 is 5.01. The van der Waals surface area contributed by atoms with E-state index in [0.717, 1.165) is 30.3 Å². The van der Waals surface area contributed by atoms with Gasteiger partial charge in [0.05, 0.1) is 0 Å². The second-order valence-corrected chi connectivity index (χ2v) is 5.61. The molecule has 0 aliphatic heterocycles. The molecule has 1 heterocycles. The first-order chi connectivity index (χ1) is 9.92. The highest BCUT2D eigenvalue weighted by molar-refractivity contribution is 5.57. The highest BCUT2D eigenvalue weighted by atomic mass is 16.3. The zero-order chi connectivity index (χ0) is 13.6. The van der Waals surface area contributed by atoms with Gasteiger partial charge in [-0.05, 0) is 31.4 Å². The Morgan fingerprint density at radius 1 is 1.10 bits per heavy atom. The van der Waals surface area contributed by atoms with E-state index < -0.39 is 0 Å². The standard InChI is InChI=1S/C17H22N2O/c1-2-4-16(5-3-1)18-11-10-14-6-8-15(9-7-14)17-12-20-13-19-17/h6-9,12-13,16,18H,1-5,10-11H2. The summed E-state index contributed by atoms with van der Waals surface area (Å²) in [6, 6.07) is 9.36. The van der Waals surface area contributed by atoms with Gasteiger partial charge in [0.1, 0.15) is 12.0 Å². The molecule has 0 atom stereocenters. The van der Waals surface area contributed by atoms with Gasteiger partial charge in [0.25, 0.3) is 0 Å². The highest BCUT2D eigenvalue weighted by Gasteiger charge is 2.11. The van der Waals surface area contributed by atoms with E-state index in [1.807, 2.05) is 0 Å². The Morgan fingerprint density at radius 3 is 2.60 bits per heavy atom. The van der Waals surface area contributed by atoms with Crippen molar-refractivity contribution in [3.05, 3.63) is 42.5 Å². The summed E-state index contributed by atoms with van der Waals surface area (Å²) in [5, 5.41) is 3.68. The molecule has 0 unspecified atom stereocenters. The first-order valence-electron chi connectivity index (χ1n) is 7.63. The normalized spacial score (nSPS) is 16.4. The van der Waals surface area contributed by atoms with Crippen LogP contribution in [0.3, 0.4) is 0 Å². The summed E-state index contributed by atoms with van der Waals surface area (Å²) in [4.78, 5) is 4.16. The first kappa shape index (κ1) is 13.4.